The molecule has 16 nitrogen and oxygen atoms in total. The lowest BCUT2D eigenvalue weighted by Gasteiger charge is -2.30. The second-order valence-electron chi connectivity index (χ2n) is 9.11. The van der Waals surface area contributed by atoms with Gasteiger partial charge in [-0.05, 0) is 44.5 Å². The van der Waals surface area contributed by atoms with E-state index in [2.05, 4.69) is 26.8 Å². The molecule has 0 saturated heterocycles. The van der Waals surface area contributed by atoms with Gasteiger partial charge in [0.15, 0.2) is 0 Å². The van der Waals surface area contributed by atoms with Gasteiger partial charge in [-0.15, -0.1) is 4.48 Å². The summed E-state index contributed by atoms with van der Waals surface area (Å²) in [6.07, 6.45) is -0.869. The SMILES string of the molecule is CNCC(N)CNC(=O)c1c(C)c(C(=O)NCC(NN)C(N)N)c(C)c(N(CCN(N)F)C(=O)CNN)c1C. The zero-order valence-corrected chi connectivity index (χ0v) is 22.9. The van der Waals surface area contributed by atoms with E-state index in [9.17, 15) is 18.9 Å². The van der Waals surface area contributed by atoms with Crippen LogP contribution in [0.2, 0.25) is 0 Å². The van der Waals surface area contributed by atoms with Crippen LogP contribution in [0.15, 0.2) is 0 Å². The van der Waals surface area contributed by atoms with Crippen molar-refractivity contribution in [1.29, 1.82) is 0 Å². The molecule has 0 radical (unpaired) electrons. The van der Waals surface area contributed by atoms with Gasteiger partial charge in [-0.1, -0.05) is 5.23 Å². The van der Waals surface area contributed by atoms with Crippen LogP contribution in [0.3, 0.4) is 0 Å². The third-order valence-electron chi connectivity index (χ3n) is 6.18. The number of rotatable bonds is 16. The van der Waals surface area contributed by atoms with E-state index in [-0.39, 0.29) is 60.8 Å². The maximum Gasteiger partial charge on any atom is 0.251 e. The van der Waals surface area contributed by atoms with Crippen molar-refractivity contribution in [3.63, 3.8) is 0 Å². The topological polar surface area (TPSA) is 274 Å². The molecule has 0 saturated carbocycles. The molecule has 0 aromatic heterocycles. The smallest absolute Gasteiger partial charge is 0.251 e. The lowest BCUT2D eigenvalue weighted by molar-refractivity contribution is -0.118. The van der Waals surface area contributed by atoms with Gasteiger partial charge in [0.2, 0.25) is 5.91 Å². The van der Waals surface area contributed by atoms with E-state index >= 15 is 0 Å². The van der Waals surface area contributed by atoms with Crippen molar-refractivity contribution in [1.82, 2.24) is 32.0 Å². The van der Waals surface area contributed by atoms with Crippen LogP contribution in [0.4, 0.5) is 10.2 Å². The maximum atomic E-state index is 13.5. The Kier molecular flexibility index (Phi) is 14.3. The summed E-state index contributed by atoms with van der Waals surface area (Å²) in [6, 6.07) is -1.02. The highest BCUT2D eigenvalue weighted by Crippen LogP contribution is 2.34. The fourth-order valence-electron chi connectivity index (χ4n) is 4.27. The number of carbonyl (C=O) groups is 3. The Bertz CT molecular complexity index is 993. The van der Waals surface area contributed by atoms with Crippen molar-refractivity contribution in [3.05, 3.63) is 27.8 Å². The molecule has 1 aromatic carbocycles. The minimum absolute atomic E-state index is 0.0286. The molecule has 0 fully saturated rings. The molecule has 2 atom stereocenters. The summed E-state index contributed by atoms with van der Waals surface area (Å²) in [5.74, 6) is 14.4. The molecule has 39 heavy (non-hydrogen) atoms. The third kappa shape index (κ3) is 9.39. The van der Waals surface area contributed by atoms with Crippen LogP contribution < -0.4 is 66.4 Å². The first-order valence-corrected chi connectivity index (χ1v) is 12.3. The Morgan fingerprint density at radius 2 is 1.41 bits per heavy atom. The Hall–Kier alpha value is -2.84. The molecular formula is C22H44FN13O3. The minimum Gasteiger partial charge on any atom is -0.350 e. The van der Waals surface area contributed by atoms with Gasteiger partial charge in [-0.2, -0.15) is 0 Å². The molecular weight excluding hydrogens is 513 g/mol. The minimum atomic E-state index is -0.869. The predicted octanol–water partition coefficient (Wildman–Crippen LogP) is -4.45. The van der Waals surface area contributed by atoms with Crippen LogP contribution in [-0.2, 0) is 4.79 Å². The number of benzene rings is 1. The Morgan fingerprint density at radius 3 is 1.85 bits per heavy atom. The maximum absolute atomic E-state index is 13.5. The highest BCUT2D eigenvalue weighted by molar-refractivity contribution is 6.08. The van der Waals surface area contributed by atoms with Crippen molar-refractivity contribution in [2.24, 2.45) is 34.7 Å². The summed E-state index contributed by atoms with van der Waals surface area (Å²) in [5.41, 5.74) is 23.7. The first-order valence-electron chi connectivity index (χ1n) is 12.3. The molecule has 0 aliphatic rings. The number of nitrogens with two attached hydrogens (primary N) is 6. The van der Waals surface area contributed by atoms with Gasteiger partial charge in [-0.3, -0.25) is 36.9 Å². The fourth-order valence-corrected chi connectivity index (χ4v) is 4.27. The molecule has 222 valence electrons. The van der Waals surface area contributed by atoms with Crippen LogP contribution in [0.5, 0.6) is 0 Å². The molecule has 3 amide bonds. The summed E-state index contributed by atoms with van der Waals surface area (Å²) in [7, 11) is 1.73. The molecule has 1 rings (SSSR count). The number of carbonyl (C=O) groups excluding carboxylic acids is 3. The summed E-state index contributed by atoms with van der Waals surface area (Å²) < 4.78 is 13.5. The molecule has 0 bridgehead atoms. The Labute approximate surface area is 227 Å². The lowest BCUT2D eigenvalue weighted by Crippen LogP contribution is -2.58. The second-order valence-corrected chi connectivity index (χ2v) is 9.11. The zero-order valence-electron chi connectivity index (χ0n) is 22.9. The Balaban J connectivity index is 3.75. The zero-order chi connectivity index (χ0) is 29.9. The number of hydrogen-bond acceptors (Lipinski definition) is 13. The molecule has 17 N–H and O–H groups in total. The van der Waals surface area contributed by atoms with Crippen molar-refractivity contribution >= 4 is 23.4 Å². The van der Waals surface area contributed by atoms with E-state index in [0.29, 0.717) is 23.2 Å². The van der Waals surface area contributed by atoms with E-state index in [1.54, 1.807) is 27.8 Å². The molecule has 0 spiro atoms. The van der Waals surface area contributed by atoms with Gasteiger partial charge in [0.05, 0.1) is 31.0 Å². The number of halogens is 1. The lowest BCUT2D eigenvalue weighted by atomic mass is 9.89. The van der Waals surface area contributed by atoms with Crippen molar-refractivity contribution in [2.75, 3.05) is 51.2 Å². The van der Waals surface area contributed by atoms with E-state index in [1.807, 2.05) is 0 Å². The van der Waals surface area contributed by atoms with E-state index in [4.69, 9.17) is 34.7 Å². The fraction of sp³-hybridized carbons (Fsp3) is 0.591. The van der Waals surface area contributed by atoms with Gasteiger partial charge < -0.3 is 38.1 Å². The molecule has 0 aliphatic heterocycles. The first kappa shape index (κ1) is 34.2. The van der Waals surface area contributed by atoms with Crippen LogP contribution >= 0.6 is 0 Å². The highest BCUT2D eigenvalue weighted by atomic mass is 19.2. The third-order valence-corrected chi connectivity index (χ3v) is 6.18. The van der Waals surface area contributed by atoms with Crippen LogP contribution in [0.25, 0.3) is 0 Å². The number of hydrazine groups is 3. The number of nitrogens with zero attached hydrogens (tertiary/aromatic N) is 2. The van der Waals surface area contributed by atoms with Gasteiger partial charge in [0.1, 0.15) is 0 Å². The second kappa shape index (κ2) is 16.3. The quantitative estimate of drug-likeness (QED) is 0.0396. The van der Waals surface area contributed by atoms with Crippen LogP contribution in [-0.4, -0.2) is 87.5 Å². The van der Waals surface area contributed by atoms with Crippen molar-refractivity contribution < 1.29 is 18.9 Å². The van der Waals surface area contributed by atoms with Crippen molar-refractivity contribution in [2.45, 2.75) is 39.0 Å². The standard InChI is InChI=1S/C22H44FN13O3/c1-11-17(21(38)31-8-14(24)7-30-4)12(2)19(35(5-6-36(23)29)16(37)10-33-27)13(3)18(11)22(39)32-9-15(34-28)20(25)26/h14-15,20,30,33-34H,5-10,24-29H2,1-4H3,(H,31,38)(H,32,39). The first-order chi connectivity index (χ1) is 18.3. The average Bonchev–Trinajstić information content (AvgIpc) is 2.84. The number of likely N-dealkylation sites (N-methyl/N-ethyl adjacent to an activating group) is 1. The molecule has 0 heterocycles. The molecule has 0 aliphatic carbocycles. The summed E-state index contributed by atoms with van der Waals surface area (Å²) >= 11 is 0. The van der Waals surface area contributed by atoms with Gasteiger partial charge in [0, 0.05) is 43.3 Å². The number of anilines is 1. The summed E-state index contributed by atoms with van der Waals surface area (Å²) in [5, 5.41) is 8.34. The largest absolute Gasteiger partial charge is 0.350 e. The molecule has 1 aromatic rings. The average molecular weight is 558 g/mol. The predicted molar refractivity (Wildman–Crippen MR) is 147 cm³/mol. The van der Waals surface area contributed by atoms with Gasteiger partial charge >= 0.3 is 0 Å². The molecule has 17 heteroatoms. The van der Waals surface area contributed by atoms with Gasteiger partial charge in [-0.25, -0.2) is 5.84 Å². The summed E-state index contributed by atoms with van der Waals surface area (Å²) in [4.78, 5) is 41.2. The molecule has 2 unspecified atom stereocenters. The van der Waals surface area contributed by atoms with E-state index < -0.39 is 29.9 Å². The normalized spacial score (nSPS) is 12.9. The van der Waals surface area contributed by atoms with Crippen LogP contribution in [0, 0.1) is 20.8 Å². The van der Waals surface area contributed by atoms with E-state index in [0.717, 1.165) is 0 Å². The van der Waals surface area contributed by atoms with E-state index in [1.165, 1.54) is 4.90 Å². The summed E-state index contributed by atoms with van der Waals surface area (Å²) in [6.45, 7) is 4.58. The number of amides is 3. The van der Waals surface area contributed by atoms with Crippen molar-refractivity contribution in [3.8, 4) is 0 Å². The monoisotopic (exact) mass is 557 g/mol. The van der Waals surface area contributed by atoms with Crippen LogP contribution in [0.1, 0.15) is 37.4 Å². The number of nitrogens with one attached hydrogen (secondary N) is 5. The number of hydrogen-bond donors (Lipinski definition) is 11. The van der Waals surface area contributed by atoms with Gasteiger partial charge in [0.25, 0.3) is 11.8 Å². The highest BCUT2D eigenvalue weighted by Gasteiger charge is 2.30. The Morgan fingerprint density at radius 1 is 0.872 bits per heavy atom.